The summed E-state index contributed by atoms with van der Waals surface area (Å²) in [5.74, 6) is 1.33. The number of fused-ring (bicyclic) bond motifs is 1. The monoisotopic (exact) mass is 307 g/mol. The first-order valence-electron chi connectivity index (χ1n) is 7.82. The summed E-state index contributed by atoms with van der Waals surface area (Å²) in [6.07, 6.45) is 5.05. The van der Waals surface area contributed by atoms with Crippen molar-refractivity contribution in [2.75, 3.05) is 12.3 Å². The van der Waals surface area contributed by atoms with Gasteiger partial charge in [-0.05, 0) is 43.9 Å². The smallest absolute Gasteiger partial charge is 0.126 e. The highest BCUT2D eigenvalue weighted by Gasteiger charge is 2.20. The lowest BCUT2D eigenvalue weighted by Gasteiger charge is -2.20. The van der Waals surface area contributed by atoms with E-state index in [1.54, 1.807) is 18.7 Å². The SMILES string of the molecule is CCCCCc1cc(O)c2c(c1)SCCC2=NCC(C)O. The highest BCUT2D eigenvalue weighted by atomic mass is 32.2. The van der Waals surface area contributed by atoms with Crippen molar-refractivity contribution in [2.45, 2.75) is 57.0 Å². The van der Waals surface area contributed by atoms with E-state index in [0.717, 1.165) is 34.8 Å². The maximum atomic E-state index is 10.4. The molecule has 0 spiro atoms. The molecular weight excluding hydrogens is 282 g/mol. The number of aliphatic hydroxyl groups excluding tert-OH is 1. The van der Waals surface area contributed by atoms with Crippen LogP contribution in [-0.2, 0) is 6.42 Å². The summed E-state index contributed by atoms with van der Waals surface area (Å²) < 4.78 is 0. The molecule has 116 valence electrons. The Bertz CT molecular complexity index is 512. The Morgan fingerprint density at radius 3 is 2.86 bits per heavy atom. The number of phenols is 1. The number of aliphatic hydroxyl groups is 1. The van der Waals surface area contributed by atoms with E-state index in [4.69, 9.17) is 0 Å². The van der Waals surface area contributed by atoms with Crippen LogP contribution >= 0.6 is 11.8 Å². The number of unbranched alkanes of at least 4 members (excludes halogenated alkanes) is 2. The number of aliphatic imine (C=N–C) groups is 1. The topological polar surface area (TPSA) is 52.8 Å². The van der Waals surface area contributed by atoms with E-state index in [-0.39, 0.29) is 0 Å². The van der Waals surface area contributed by atoms with E-state index in [1.807, 2.05) is 6.07 Å². The first kappa shape index (κ1) is 16.4. The second kappa shape index (κ2) is 7.85. The largest absolute Gasteiger partial charge is 0.507 e. The number of hydrogen-bond donors (Lipinski definition) is 2. The molecule has 1 aliphatic rings. The summed E-state index contributed by atoms with van der Waals surface area (Å²) in [6, 6.07) is 4.09. The Balaban J connectivity index is 2.22. The number of aromatic hydroxyl groups is 1. The molecular formula is C17H25NO2S. The van der Waals surface area contributed by atoms with Crippen LogP contribution in [-0.4, -0.2) is 34.3 Å². The molecule has 0 amide bonds. The van der Waals surface area contributed by atoms with E-state index in [1.165, 1.54) is 24.8 Å². The lowest BCUT2D eigenvalue weighted by Crippen LogP contribution is -2.14. The third kappa shape index (κ3) is 4.48. The third-order valence-electron chi connectivity index (χ3n) is 3.64. The molecule has 4 heteroatoms. The summed E-state index contributed by atoms with van der Waals surface area (Å²) in [5, 5.41) is 19.8. The van der Waals surface area contributed by atoms with E-state index in [2.05, 4.69) is 18.0 Å². The van der Waals surface area contributed by atoms with Crippen molar-refractivity contribution in [3.8, 4) is 5.75 Å². The zero-order valence-electron chi connectivity index (χ0n) is 12.9. The summed E-state index contributed by atoms with van der Waals surface area (Å²) >= 11 is 1.79. The molecule has 0 aliphatic carbocycles. The zero-order chi connectivity index (χ0) is 15.2. The maximum absolute atomic E-state index is 10.4. The molecule has 1 unspecified atom stereocenters. The van der Waals surface area contributed by atoms with Gasteiger partial charge in [0.05, 0.1) is 18.2 Å². The molecule has 0 bridgehead atoms. The maximum Gasteiger partial charge on any atom is 0.126 e. The first-order valence-corrected chi connectivity index (χ1v) is 8.80. The van der Waals surface area contributed by atoms with Gasteiger partial charge < -0.3 is 10.2 Å². The van der Waals surface area contributed by atoms with Gasteiger partial charge in [0.25, 0.3) is 0 Å². The highest BCUT2D eigenvalue weighted by Crippen LogP contribution is 2.37. The molecule has 0 saturated carbocycles. The predicted octanol–water partition coefficient (Wildman–Crippen LogP) is 3.79. The van der Waals surface area contributed by atoms with Crippen LogP contribution in [0.4, 0.5) is 0 Å². The average Bonchev–Trinajstić information content (AvgIpc) is 2.45. The summed E-state index contributed by atoms with van der Waals surface area (Å²) in [7, 11) is 0. The van der Waals surface area contributed by atoms with Gasteiger partial charge in [-0.3, -0.25) is 4.99 Å². The van der Waals surface area contributed by atoms with Gasteiger partial charge in [0, 0.05) is 16.4 Å². The normalized spacial score (nSPS) is 17.8. The Morgan fingerprint density at radius 1 is 1.33 bits per heavy atom. The predicted molar refractivity (Wildman–Crippen MR) is 89.8 cm³/mol. The molecule has 1 atom stereocenters. The quantitative estimate of drug-likeness (QED) is 0.786. The Kier molecular flexibility index (Phi) is 6.12. The van der Waals surface area contributed by atoms with Gasteiger partial charge in [-0.15, -0.1) is 11.8 Å². The van der Waals surface area contributed by atoms with Gasteiger partial charge in [0.2, 0.25) is 0 Å². The van der Waals surface area contributed by atoms with Gasteiger partial charge in [-0.25, -0.2) is 0 Å². The Morgan fingerprint density at radius 2 is 2.14 bits per heavy atom. The van der Waals surface area contributed by atoms with Gasteiger partial charge in [-0.2, -0.15) is 0 Å². The van der Waals surface area contributed by atoms with Crippen LogP contribution in [0.15, 0.2) is 22.0 Å². The molecule has 3 nitrogen and oxygen atoms in total. The third-order valence-corrected chi connectivity index (χ3v) is 4.68. The number of nitrogens with zero attached hydrogens (tertiary/aromatic N) is 1. The minimum absolute atomic E-state index is 0.343. The van der Waals surface area contributed by atoms with Crippen molar-refractivity contribution in [3.63, 3.8) is 0 Å². The minimum atomic E-state index is -0.439. The second-order valence-electron chi connectivity index (χ2n) is 5.68. The number of hydrogen-bond acceptors (Lipinski definition) is 4. The van der Waals surface area contributed by atoms with Gasteiger partial charge in [-0.1, -0.05) is 19.8 Å². The standard InChI is InChI=1S/C17H25NO2S/c1-3-4-5-6-13-9-15(20)17-14(18-11-12(2)19)7-8-21-16(17)10-13/h9-10,12,19-20H,3-8,11H2,1-2H3. The van der Waals surface area contributed by atoms with Gasteiger partial charge in [0.1, 0.15) is 5.75 Å². The van der Waals surface area contributed by atoms with Crippen molar-refractivity contribution in [1.29, 1.82) is 0 Å². The fourth-order valence-corrected chi connectivity index (χ4v) is 3.68. The Hall–Kier alpha value is -1.00. The average molecular weight is 307 g/mol. The van der Waals surface area contributed by atoms with Gasteiger partial charge >= 0.3 is 0 Å². The van der Waals surface area contributed by atoms with Crippen molar-refractivity contribution < 1.29 is 10.2 Å². The first-order chi connectivity index (χ1) is 10.1. The fourth-order valence-electron chi connectivity index (χ4n) is 2.57. The van der Waals surface area contributed by atoms with E-state index < -0.39 is 6.10 Å². The number of phenolic OH excluding ortho intramolecular Hbond substituents is 1. The summed E-state index contributed by atoms with van der Waals surface area (Å²) in [5.41, 5.74) is 3.03. The lowest BCUT2D eigenvalue weighted by atomic mass is 10.0. The van der Waals surface area contributed by atoms with E-state index in [9.17, 15) is 10.2 Å². The number of benzene rings is 1. The minimum Gasteiger partial charge on any atom is -0.507 e. The van der Waals surface area contributed by atoms with Crippen molar-refractivity contribution in [1.82, 2.24) is 0 Å². The fraction of sp³-hybridized carbons (Fsp3) is 0.588. The molecule has 0 aromatic heterocycles. The number of aryl methyl sites for hydroxylation is 1. The van der Waals surface area contributed by atoms with Crippen LogP contribution < -0.4 is 0 Å². The molecule has 1 aromatic carbocycles. The molecule has 0 saturated heterocycles. The highest BCUT2D eigenvalue weighted by molar-refractivity contribution is 7.99. The van der Waals surface area contributed by atoms with Crippen LogP contribution in [0.25, 0.3) is 0 Å². The van der Waals surface area contributed by atoms with Crippen LogP contribution in [0.5, 0.6) is 5.75 Å². The molecule has 21 heavy (non-hydrogen) atoms. The molecule has 2 N–H and O–H groups in total. The van der Waals surface area contributed by atoms with Crippen molar-refractivity contribution in [3.05, 3.63) is 23.3 Å². The van der Waals surface area contributed by atoms with E-state index in [0.29, 0.717) is 12.3 Å². The van der Waals surface area contributed by atoms with Crippen LogP contribution in [0.1, 0.15) is 50.7 Å². The van der Waals surface area contributed by atoms with Crippen LogP contribution in [0, 0.1) is 0 Å². The zero-order valence-corrected chi connectivity index (χ0v) is 13.7. The molecule has 2 rings (SSSR count). The van der Waals surface area contributed by atoms with Crippen molar-refractivity contribution in [2.24, 2.45) is 4.99 Å². The van der Waals surface area contributed by atoms with Crippen LogP contribution in [0.2, 0.25) is 0 Å². The molecule has 1 aliphatic heterocycles. The summed E-state index contributed by atoms with van der Waals surface area (Å²) in [6.45, 7) is 4.33. The van der Waals surface area contributed by atoms with Gasteiger partial charge in [0.15, 0.2) is 0 Å². The number of thioether (sulfide) groups is 1. The summed E-state index contributed by atoms with van der Waals surface area (Å²) in [4.78, 5) is 5.62. The molecule has 1 aromatic rings. The van der Waals surface area contributed by atoms with Crippen LogP contribution in [0.3, 0.4) is 0 Å². The molecule has 0 fully saturated rings. The lowest BCUT2D eigenvalue weighted by molar-refractivity contribution is 0.204. The second-order valence-corrected chi connectivity index (χ2v) is 6.82. The van der Waals surface area contributed by atoms with Crippen molar-refractivity contribution >= 4 is 17.5 Å². The molecule has 1 heterocycles. The van der Waals surface area contributed by atoms with E-state index >= 15 is 0 Å². The number of rotatable bonds is 6. The Labute approximate surface area is 131 Å². The molecule has 0 radical (unpaired) electrons.